The number of anilines is 1. The molecule has 0 amide bonds. The van der Waals surface area contributed by atoms with E-state index in [1.54, 1.807) is 0 Å². The van der Waals surface area contributed by atoms with E-state index in [9.17, 15) is 10.1 Å². The second-order valence-corrected chi connectivity index (χ2v) is 5.23. The van der Waals surface area contributed by atoms with E-state index in [0.29, 0.717) is 5.92 Å². The Bertz CT molecular complexity index is 516. The summed E-state index contributed by atoms with van der Waals surface area (Å²) in [5, 5.41) is 14.4. The first-order chi connectivity index (χ1) is 9.69. The van der Waals surface area contributed by atoms with E-state index >= 15 is 0 Å². The third kappa shape index (κ3) is 2.26. The molecule has 3 saturated heterocycles. The average Bonchev–Trinajstić information content (AvgIpc) is 2.48. The summed E-state index contributed by atoms with van der Waals surface area (Å²) in [7, 11) is 1.37. The molecule has 20 heavy (non-hydrogen) atoms. The van der Waals surface area contributed by atoms with Crippen LogP contribution in [0.4, 0.5) is 11.5 Å². The highest BCUT2D eigenvalue weighted by Gasteiger charge is 2.36. The third-order valence-electron chi connectivity index (χ3n) is 4.14. The minimum absolute atomic E-state index is 0.00576. The summed E-state index contributed by atoms with van der Waals surface area (Å²) in [5.74, 6) is 0.801. The van der Waals surface area contributed by atoms with Crippen molar-refractivity contribution in [2.24, 2.45) is 5.92 Å². The van der Waals surface area contributed by atoms with Gasteiger partial charge in [0, 0.05) is 12.6 Å². The molecule has 108 valence electrons. The van der Waals surface area contributed by atoms with E-state index in [-0.39, 0.29) is 23.4 Å². The van der Waals surface area contributed by atoms with Crippen molar-refractivity contribution < 1.29 is 9.66 Å². The first kappa shape index (κ1) is 13.0. The van der Waals surface area contributed by atoms with Crippen LogP contribution in [-0.2, 0) is 0 Å². The number of methoxy groups -OCH3 is 1. The van der Waals surface area contributed by atoms with Crippen molar-refractivity contribution in [3.8, 4) is 5.88 Å². The molecule has 4 rings (SSSR count). The maximum absolute atomic E-state index is 11.2. The fraction of sp³-hybridized carbons (Fsp3) is 0.667. The standard InChI is InChI=1S/C12H17N5O3/c1-20-12-10(17(18)19)11(13-7-14-12)15-9-6-16-4-2-8(9)3-5-16/h7-9H,2-6H2,1H3,(H,13,14,15). The summed E-state index contributed by atoms with van der Waals surface area (Å²) in [6.45, 7) is 3.16. The molecule has 8 nitrogen and oxygen atoms in total. The van der Waals surface area contributed by atoms with Crippen LogP contribution in [-0.4, -0.2) is 52.6 Å². The fourth-order valence-corrected chi connectivity index (χ4v) is 3.09. The van der Waals surface area contributed by atoms with Gasteiger partial charge in [0.1, 0.15) is 6.33 Å². The van der Waals surface area contributed by atoms with Gasteiger partial charge in [-0.1, -0.05) is 0 Å². The molecule has 0 aliphatic carbocycles. The normalized spacial score (nSPS) is 28.1. The van der Waals surface area contributed by atoms with Gasteiger partial charge >= 0.3 is 5.69 Å². The summed E-state index contributed by atoms with van der Waals surface area (Å²) >= 11 is 0. The van der Waals surface area contributed by atoms with Gasteiger partial charge in [-0.15, -0.1) is 0 Å². The second-order valence-electron chi connectivity index (χ2n) is 5.23. The molecule has 2 bridgehead atoms. The second kappa shape index (κ2) is 5.20. The minimum atomic E-state index is -0.497. The molecule has 0 saturated carbocycles. The van der Waals surface area contributed by atoms with E-state index < -0.39 is 4.92 Å². The molecular weight excluding hydrogens is 262 g/mol. The van der Waals surface area contributed by atoms with Gasteiger partial charge in [-0.25, -0.2) is 4.98 Å². The van der Waals surface area contributed by atoms with E-state index in [0.717, 1.165) is 32.5 Å². The minimum Gasteiger partial charge on any atom is -0.476 e. The van der Waals surface area contributed by atoms with Gasteiger partial charge in [0.15, 0.2) is 0 Å². The van der Waals surface area contributed by atoms with Crippen LogP contribution in [0.15, 0.2) is 6.33 Å². The summed E-state index contributed by atoms with van der Waals surface area (Å²) in [6, 6.07) is 0.204. The maximum atomic E-state index is 11.2. The smallest absolute Gasteiger partial charge is 0.372 e. The van der Waals surface area contributed by atoms with Crippen molar-refractivity contribution in [3.05, 3.63) is 16.4 Å². The van der Waals surface area contributed by atoms with E-state index in [1.807, 2.05) is 0 Å². The van der Waals surface area contributed by atoms with Gasteiger partial charge in [0.25, 0.3) is 5.88 Å². The quantitative estimate of drug-likeness (QED) is 0.646. The molecule has 1 atom stereocenters. The number of fused-ring (bicyclic) bond motifs is 3. The third-order valence-corrected chi connectivity index (χ3v) is 4.14. The molecule has 1 aromatic heterocycles. The number of nitrogens with one attached hydrogen (secondary N) is 1. The highest BCUT2D eigenvalue weighted by Crippen LogP contribution is 2.34. The lowest BCUT2D eigenvalue weighted by molar-refractivity contribution is -0.385. The lowest BCUT2D eigenvalue weighted by Crippen LogP contribution is -2.53. The maximum Gasteiger partial charge on any atom is 0.372 e. The SMILES string of the molecule is COc1ncnc(NC2CN3CCC2CC3)c1[N+](=O)[O-]. The number of nitro groups is 1. The highest BCUT2D eigenvalue weighted by molar-refractivity contribution is 5.61. The van der Waals surface area contributed by atoms with Crippen molar-refractivity contribution in [1.29, 1.82) is 0 Å². The van der Waals surface area contributed by atoms with Crippen molar-refractivity contribution in [2.45, 2.75) is 18.9 Å². The van der Waals surface area contributed by atoms with Crippen LogP contribution in [0, 0.1) is 16.0 Å². The number of nitrogens with zero attached hydrogens (tertiary/aromatic N) is 4. The summed E-state index contributed by atoms with van der Waals surface area (Å²) < 4.78 is 4.96. The Labute approximate surface area is 116 Å². The van der Waals surface area contributed by atoms with E-state index in [4.69, 9.17) is 4.74 Å². The Morgan fingerprint density at radius 1 is 1.45 bits per heavy atom. The number of aromatic nitrogens is 2. The Kier molecular flexibility index (Phi) is 3.39. The van der Waals surface area contributed by atoms with Crippen LogP contribution >= 0.6 is 0 Å². The monoisotopic (exact) mass is 279 g/mol. The lowest BCUT2D eigenvalue weighted by atomic mass is 9.84. The highest BCUT2D eigenvalue weighted by atomic mass is 16.6. The summed E-state index contributed by atoms with van der Waals surface area (Å²) in [5.41, 5.74) is -0.188. The van der Waals surface area contributed by atoms with Gasteiger partial charge in [-0.3, -0.25) is 10.1 Å². The first-order valence-electron chi connectivity index (χ1n) is 6.71. The topological polar surface area (TPSA) is 93.4 Å². The van der Waals surface area contributed by atoms with Crippen LogP contribution in [0.3, 0.4) is 0 Å². The number of piperidine rings is 3. The number of hydrogen-bond donors (Lipinski definition) is 1. The van der Waals surface area contributed by atoms with E-state index in [2.05, 4.69) is 20.2 Å². The molecule has 3 aliphatic heterocycles. The Morgan fingerprint density at radius 2 is 2.20 bits per heavy atom. The van der Waals surface area contributed by atoms with Gasteiger partial charge < -0.3 is 15.0 Å². The summed E-state index contributed by atoms with van der Waals surface area (Å²) in [4.78, 5) is 20.9. The largest absolute Gasteiger partial charge is 0.476 e. The van der Waals surface area contributed by atoms with Gasteiger partial charge in [0.2, 0.25) is 5.82 Å². The zero-order chi connectivity index (χ0) is 14.1. The molecule has 1 aromatic rings. The van der Waals surface area contributed by atoms with Gasteiger partial charge in [-0.05, 0) is 31.8 Å². The first-order valence-corrected chi connectivity index (χ1v) is 6.71. The van der Waals surface area contributed by atoms with Crippen molar-refractivity contribution >= 4 is 11.5 Å². The van der Waals surface area contributed by atoms with Crippen molar-refractivity contribution in [1.82, 2.24) is 14.9 Å². The Balaban J connectivity index is 1.85. The van der Waals surface area contributed by atoms with Crippen LogP contribution < -0.4 is 10.1 Å². The van der Waals surface area contributed by atoms with Crippen LogP contribution in [0.2, 0.25) is 0 Å². The van der Waals surface area contributed by atoms with Crippen molar-refractivity contribution in [3.63, 3.8) is 0 Å². The van der Waals surface area contributed by atoms with Crippen molar-refractivity contribution in [2.75, 3.05) is 32.1 Å². The van der Waals surface area contributed by atoms with E-state index in [1.165, 1.54) is 13.4 Å². The predicted molar refractivity (Wildman–Crippen MR) is 71.8 cm³/mol. The number of hydrogen-bond acceptors (Lipinski definition) is 7. The average molecular weight is 279 g/mol. The lowest BCUT2D eigenvalue weighted by Gasteiger charge is -2.45. The van der Waals surface area contributed by atoms with Gasteiger partial charge in [-0.2, -0.15) is 4.98 Å². The molecule has 8 heteroatoms. The fourth-order valence-electron chi connectivity index (χ4n) is 3.09. The number of rotatable bonds is 4. The molecule has 4 heterocycles. The zero-order valence-corrected chi connectivity index (χ0v) is 11.3. The summed E-state index contributed by atoms with van der Waals surface area (Å²) in [6.07, 6.45) is 3.55. The predicted octanol–water partition coefficient (Wildman–Crippen LogP) is 0.899. The molecule has 3 fully saturated rings. The van der Waals surface area contributed by atoms with Crippen LogP contribution in [0.1, 0.15) is 12.8 Å². The zero-order valence-electron chi connectivity index (χ0n) is 11.3. The molecule has 1 N–H and O–H groups in total. The number of ether oxygens (including phenoxy) is 1. The van der Waals surface area contributed by atoms with Crippen LogP contribution in [0.25, 0.3) is 0 Å². The van der Waals surface area contributed by atoms with Gasteiger partial charge in [0.05, 0.1) is 12.0 Å². The molecule has 0 spiro atoms. The Morgan fingerprint density at radius 3 is 2.75 bits per heavy atom. The molecule has 0 radical (unpaired) electrons. The molecule has 1 unspecified atom stereocenters. The molecular formula is C12H17N5O3. The molecule has 0 aromatic carbocycles. The van der Waals surface area contributed by atoms with Crippen LogP contribution in [0.5, 0.6) is 5.88 Å². The molecule has 3 aliphatic rings. The Hall–Kier alpha value is -1.96.